The summed E-state index contributed by atoms with van der Waals surface area (Å²) in [5.41, 5.74) is 3.57. The summed E-state index contributed by atoms with van der Waals surface area (Å²) < 4.78 is 9.20. The van der Waals surface area contributed by atoms with E-state index in [2.05, 4.69) is 25.4 Å². The zero-order valence-corrected chi connectivity index (χ0v) is 15.3. The van der Waals surface area contributed by atoms with Gasteiger partial charge in [-0.05, 0) is 37.3 Å². The minimum atomic E-state index is 0.607. The first-order valence-electron chi connectivity index (χ1n) is 8.41. The number of aryl methyl sites for hydroxylation is 2. The molecule has 0 saturated carbocycles. The van der Waals surface area contributed by atoms with Crippen LogP contribution in [0.3, 0.4) is 0 Å². The van der Waals surface area contributed by atoms with E-state index >= 15 is 0 Å². The van der Waals surface area contributed by atoms with E-state index in [1.165, 1.54) is 0 Å². The fourth-order valence-electron chi connectivity index (χ4n) is 2.76. The van der Waals surface area contributed by atoms with E-state index in [-0.39, 0.29) is 0 Å². The van der Waals surface area contributed by atoms with Crippen molar-refractivity contribution in [1.82, 2.24) is 29.3 Å². The van der Waals surface area contributed by atoms with Gasteiger partial charge in [-0.3, -0.25) is 4.98 Å². The fraction of sp³-hybridized carbons (Fsp3) is 0.158. The molecule has 0 aliphatic carbocycles. The Hall–Kier alpha value is -3.68. The van der Waals surface area contributed by atoms with E-state index < -0.39 is 0 Å². The molecule has 0 spiro atoms. The minimum absolute atomic E-state index is 0.607. The van der Waals surface area contributed by atoms with Crippen LogP contribution >= 0.6 is 0 Å². The van der Waals surface area contributed by atoms with Gasteiger partial charge in [0.05, 0.1) is 36.7 Å². The van der Waals surface area contributed by atoms with E-state index in [0.29, 0.717) is 11.8 Å². The Morgan fingerprint density at radius 3 is 2.78 bits per heavy atom. The fourth-order valence-corrected chi connectivity index (χ4v) is 2.76. The first-order chi connectivity index (χ1) is 13.1. The second kappa shape index (κ2) is 6.91. The Morgan fingerprint density at radius 2 is 2.07 bits per heavy atom. The number of imidazole rings is 1. The molecule has 27 heavy (non-hydrogen) atoms. The lowest BCUT2D eigenvalue weighted by atomic mass is 10.1. The smallest absolute Gasteiger partial charge is 0.226 e. The van der Waals surface area contributed by atoms with Gasteiger partial charge in [0.25, 0.3) is 0 Å². The average molecular weight is 361 g/mol. The van der Waals surface area contributed by atoms with Crippen LogP contribution in [0.5, 0.6) is 5.75 Å². The summed E-state index contributed by atoms with van der Waals surface area (Å²) in [4.78, 5) is 13.0. The highest BCUT2D eigenvalue weighted by molar-refractivity contribution is 5.64. The number of nitrogens with one attached hydrogen (secondary N) is 1. The largest absolute Gasteiger partial charge is 0.495 e. The molecule has 0 saturated heterocycles. The van der Waals surface area contributed by atoms with Crippen molar-refractivity contribution in [3.8, 4) is 22.8 Å². The van der Waals surface area contributed by atoms with Gasteiger partial charge in [-0.15, -0.1) is 5.10 Å². The molecule has 8 nitrogen and oxygen atoms in total. The van der Waals surface area contributed by atoms with Crippen molar-refractivity contribution in [2.45, 2.75) is 6.92 Å². The number of rotatable bonds is 5. The first kappa shape index (κ1) is 16.8. The van der Waals surface area contributed by atoms with Gasteiger partial charge < -0.3 is 14.6 Å². The van der Waals surface area contributed by atoms with Crippen molar-refractivity contribution in [2.24, 2.45) is 7.05 Å². The van der Waals surface area contributed by atoms with Crippen LogP contribution in [0.15, 0.2) is 55.2 Å². The van der Waals surface area contributed by atoms with Crippen molar-refractivity contribution >= 4 is 11.6 Å². The molecule has 0 radical (unpaired) electrons. The van der Waals surface area contributed by atoms with Crippen LogP contribution in [0.4, 0.5) is 11.6 Å². The number of aromatic nitrogens is 6. The van der Waals surface area contributed by atoms with Crippen molar-refractivity contribution in [3.63, 3.8) is 0 Å². The van der Waals surface area contributed by atoms with E-state index in [1.54, 1.807) is 30.5 Å². The number of benzene rings is 1. The van der Waals surface area contributed by atoms with E-state index in [1.807, 2.05) is 55.1 Å². The minimum Gasteiger partial charge on any atom is -0.495 e. The lowest BCUT2D eigenvalue weighted by Crippen LogP contribution is -2.00. The lowest BCUT2D eigenvalue weighted by molar-refractivity contribution is 0.413. The second-order valence-electron chi connectivity index (χ2n) is 6.06. The third kappa shape index (κ3) is 3.37. The molecule has 3 heterocycles. The van der Waals surface area contributed by atoms with Crippen LogP contribution in [0.2, 0.25) is 0 Å². The quantitative estimate of drug-likeness (QED) is 0.588. The molecule has 8 heteroatoms. The van der Waals surface area contributed by atoms with E-state index in [9.17, 15) is 0 Å². The highest BCUT2D eigenvalue weighted by atomic mass is 16.5. The van der Waals surface area contributed by atoms with Gasteiger partial charge in [0.15, 0.2) is 5.82 Å². The third-order valence-electron chi connectivity index (χ3n) is 4.11. The molecule has 4 aromatic rings. The normalized spacial score (nSPS) is 10.8. The molecule has 0 atom stereocenters. The Labute approximate surface area is 156 Å². The number of ether oxygens (including phenoxy) is 1. The highest BCUT2D eigenvalue weighted by Crippen LogP contribution is 2.29. The number of hydrogen-bond acceptors (Lipinski definition) is 6. The maximum Gasteiger partial charge on any atom is 0.226 e. The number of methoxy groups -OCH3 is 1. The molecule has 4 rings (SSSR count). The van der Waals surface area contributed by atoms with Crippen molar-refractivity contribution in [1.29, 1.82) is 0 Å². The number of pyridine rings is 1. The molecule has 0 bridgehead atoms. The molecule has 0 aliphatic rings. The third-order valence-corrected chi connectivity index (χ3v) is 4.11. The summed E-state index contributed by atoms with van der Waals surface area (Å²) in [6, 6.07) is 9.65. The van der Waals surface area contributed by atoms with Gasteiger partial charge in [0.2, 0.25) is 5.95 Å². The number of nitrogens with zero attached hydrogens (tertiary/aromatic N) is 6. The summed E-state index contributed by atoms with van der Waals surface area (Å²) in [5, 5.41) is 7.72. The van der Waals surface area contributed by atoms with Crippen molar-refractivity contribution in [2.75, 3.05) is 12.4 Å². The molecule has 1 N–H and O–H groups in total. The second-order valence-corrected chi connectivity index (χ2v) is 6.06. The predicted octanol–water partition coefficient (Wildman–Crippen LogP) is 3.12. The molecule has 3 aromatic heterocycles. The van der Waals surface area contributed by atoms with Gasteiger partial charge in [0.1, 0.15) is 5.75 Å². The van der Waals surface area contributed by atoms with Gasteiger partial charge in [-0.1, -0.05) is 0 Å². The molecule has 0 amide bonds. The van der Waals surface area contributed by atoms with Gasteiger partial charge >= 0.3 is 0 Å². The van der Waals surface area contributed by atoms with E-state index in [4.69, 9.17) is 4.74 Å². The Kier molecular flexibility index (Phi) is 4.29. The van der Waals surface area contributed by atoms with Crippen LogP contribution < -0.4 is 10.1 Å². The molecule has 0 unspecified atom stereocenters. The summed E-state index contributed by atoms with van der Waals surface area (Å²) in [5.74, 6) is 1.96. The number of anilines is 2. The number of hydrogen-bond donors (Lipinski definition) is 1. The van der Waals surface area contributed by atoms with Crippen LogP contribution in [0, 0.1) is 6.92 Å². The molecule has 136 valence electrons. The maximum absolute atomic E-state index is 5.57. The standard InChI is InChI=1S/C19H19N7O/c1-13-11-26(12-21-13)16-7-6-14(9-17(16)27-3)18-23-19(25(2)24-18)22-15-5-4-8-20-10-15/h4-12H,1-3H3,(H,22,23,24). The molecule has 1 aromatic carbocycles. The van der Waals surface area contributed by atoms with Crippen LogP contribution in [0.25, 0.3) is 17.1 Å². The van der Waals surface area contributed by atoms with E-state index in [0.717, 1.165) is 28.4 Å². The predicted molar refractivity (Wildman–Crippen MR) is 102 cm³/mol. The SMILES string of the molecule is COc1cc(-c2nc(Nc3cccnc3)n(C)n2)ccc1-n1cnc(C)c1. The average Bonchev–Trinajstić information content (AvgIpc) is 3.28. The summed E-state index contributed by atoms with van der Waals surface area (Å²) >= 11 is 0. The van der Waals surface area contributed by atoms with Gasteiger partial charge in [-0.25, -0.2) is 9.67 Å². The lowest BCUT2D eigenvalue weighted by Gasteiger charge is -2.10. The highest BCUT2D eigenvalue weighted by Gasteiger charge is 2.13. The first-order valence-corrected chi connectivity index (χ1v) is 8.41. The van der Waals surface area contributed by atoms with Crippen molar-refractivity contribution in [3.05, 3.63) is 60.9 Å². The maximum atomic E-state index is 5.57. The Bertz CT molecular complexity index is 1070. The monoisotopic (exact) mass is 361 g/mol. The van der Waals surface area contributed by atoms with Gasteiger partial charge in [0, 0.05) is 25.0 Å². The molecule has 0 aliphatic heterocycles. The molecule has 0 fully saturated rings. The Balaban J connectivity index is 1.66. The van der Waals surface area contributed by atoms with Crippen LogP contribution in [-0.2, 0) is 7.05 Å². The zero-order chi connectivity index (χ0) is 18.8. The Morgan fingerprint density at radius 1 is 1.19 bits per heavy atom. The zero-order valence-electron chi connectivity index (χ0n) is 15.3. The summed E-state index contributed by atoms with van der Waals surface area (Å²) in [6.07, 6.45) is 7.18. The molecular formula is C19H19N7O. The molecular weight excluding hydrogens is 342 g/mol. The topological polar surface area (TPSA) is 82.7 Å². The van der Waals surface area contributed by atoms with Gasteiger partial charge in [-0.2, -0.15) is 4.98 Å². The summed E-state index contributed by atoms with van der Waals surface area (Å²) in [7, 11) is 3.49. The van der Waals surface area contributed by atoms with Crippen LogP contribution in [-0.4, -0.2) is 36.4 Å². The van der Waals surface area contributed by atoms with Crippen molar-refractivity contribution < 1.29 is 4.74 Å². The summed E-state index contributed by atoms with van der Waals surface area (Å²) in [6.45, 7) is 1.95. The van der Waals surface area contributed by atoms with Crippen LogP contribution in [0.1, 0.15) is 5.69 Å².